The van der Waals surface area contributed by atoms with Crippen molar-refractivity contribution >= 4 is 6.03 Å². The van der Waals surface area contributed by atoms with E-state index in [1.165, 1.54) is 5.56 Å². The van der Waals surface area contributed by atoms with Crippen LogP contribution in [0.4, 0.5) is 4.79 Å². The SMILES string of the molecule is Cn1cccc1C(O)CCNC(=O)NCCCc1ccccc1. The van der Waals surface area contributed by atoms with Crippen molar-refractivity contribution in [3.63, 3.8) is 0 Å². The van der Waals surface area contributed by atoms with Crippen LogP contribution in [0.2, 0.25) is 0 Å². The standard InChI is InChI=1S/C18H25N3O2/c1-21-14-6-10-16(21)17(22)11-13-20-18(23)19-12-5-9-15-7-3-2-4-8-15/h2-4,6-8,10,14,17,22H,5,9,11-13H2,1H3,(H2,19,20,23). The number of aromatic nitrogens is 1. The van der Waals surface area contributed by atoms with Gasteiger partial charge in [0.05, 0.1) is 6.10 Å². The second-order valence-corrected chi connectivity index (χ2v) is 5.62. The number of nitrogens with zero attached hydrogens (tertiary/aromatic N) is 1. The van der Waals surface area contributed by atoms with Gasteiger partial charge >= 0.3 is 6.03 Å². The largest absolute Gasteiger partial charge is 0.387 e. The van der Waals surface area contributed by atoms with Crippen LogP contribution in [0.15, 0.2) is 48.7 Å². The zero-order valence-corrected chi connectivity index (χ0v) is 13.5. The Hall–Kier alpha value is -2.27. The molecule has 0 aliphatic rings. The summed E-state index contributed by atoms with van der Waals surface area (Å²) in [6, 6.07) is 13.8. The van der Waals surface area contributed by atoms with Crippen molar-refractivity contribution in [1.29, 1.82) is 0 Å². The summed E-state index contributed by atoms with van der Waals surface area (Å²) in [5, 5.41) is 15.7. The average molecular weight is 315 g/mol. The molecular formula is C18H25N3O2. The van der Waals surface area contributed by atoms with E-state index in [2.05, 4.69) is 22.8 Å². The first-order valence-corrected chi connectivity index (χ1v) is 8.01. The molecular weight excluding hydrogens is 290 g/mol. The van der Waals surface area contributed by atoms with Crippen molar-refractivity contribution in [2.45, 2.75) is 25.4 Å². The van der Waals surface area contributed by atoms with Gasteiger partial charge in [-0.15, -0.1) is 0 Å². The normalized spacial score (nSPS) is 11.9. The summed E-state index contributed by atoms with van der Waals surface area (Å²) < 4.78 is 1.88. The molecule has 0 saturated heterocycles. The second-order valence-electron chi connectivity index (χ2n) is 5.62. The first-order valence-electron chi connectivity index (χ1n) is 8.01. The highest BCUT2D eigenvalue weighted by Crippen LogP contribution is 2.15. The summed E-state index contributed by atoms with van der Waals surface area (Å²) in [4.78, 5) is 11.7. The molecule has 1 aromatic carbocycles. The number of amides is 2. The van der Waals surface area contributed by atoms with Gasteiger partial charge in [-0.05, 0) is 37.0 Å². The fraction of sp³-hybridized carbons (Fsp3) is 0.389. The highest BCUT2D eigenvalue weighted by atomic mass is 16.3. The summed E-state index contributed by atoms with van der Waals surface area (Å²) >= 11 is 0. The molecule has 0 aliphatic heterocycles. The molecule has 0 spiro atoms. The van der Waals surface area contributed by atoms with Crippen molar-refractivity contribution in [3.05, 3.63) is 59.9 Å². The van der Waals surface area contributed by atoms with Crippen molar-refractivity contribution < 1.29 is 9.90 Å². The Morgan fingerprint density at radius 1 is 1.13 bits per heavy atom. The van der Waals surface area contributed by atoms with Crippen molar-refractivity contribution in [2.75, 3.05) is 13.1 Å². The molecule has 3 N–H and O–H groups in total. The number of urea groups is 1. The number of benzene rings is 1. The van der Waals surface area contributed by atoms with E-state index < -0.39 is 6.10 Å². The maximum atomic E-state index is 11.7. The predicted octanol–water partition coefficient (Wildman–Crippen LogP) is 2.38. The first kappa shape index (κ1) is 17.1. The van der Waals surface area contributed by atoms with E-state index in [1.54, 1.807) is 0 Å². The van der Waals surface area contributed by atoms with Crippen LogP contribution in [0.25, 0.3) is 0 Å². The average Bonchev–Trinajstić information content (AvgIpc) is 2.99. The molecule has 2 rings (SSSR count). The molecule has 5 heteroatoms. The van der Waals surface area contributed by atoms with E-state index >= 15 is 0 Å². The third-order valence-electron chi connectivity index (χ3n) is 3.80. The van der Waals surface area contributed by atoms with E-state index in [4.69, 9.17) is 0 Å². The smallest absolute Gasteiger partial charge is 0.314 e. The number of carbonyl (C=O) groups excluding carboxylic acids is 1. The number of aryl methyl sites for hydroxylation is 2. The van der Waals surface area contributed by atoms with Gasteiger partial charge in [0.25, 0.3) is 0 Å². The number of hydrogen-bond donors (Lipinski definition) is 3. The Morgan fingerprint density at radius 2 is 1.87 bits per heavy atom. The third kappa shape index (κ3) is 5.79. The van der Waals surface area contributed by atoms with E-state index in [0.29, 0.717) is 19.5 Å². The van der Waals surface area contributed by atoms with Gasteiger partial charge in [-0.2, -0.15) is 0 Å². The Labute approximate surface area is 137 Å². The Bertz CT molecular complexity index is 595. The van der Waals surface area contributed by atoms with Crippen LogP contribution < -0.4 is 10.6 Å². The number of hydrogen-bond acceptors (Lipinski definition) is 2. The minimum Gasteiger partial charge on any atom is -0.387 e. The number of aliphatic hydroxyl groups excluding tert-OH is 1. The number of carbonyl (C=O) groups is 1. The van der Waals surface area contributed by atoms with Crippen LogP contribution in [0.1, 0.15) is 30.2 Å². The van der Waals surface area contributed by atoms with Gasteiger partial charge in [0, 0.05) is 32.0 Å². The fourth-order valence-electron chi connectivity index (χ4n) is 2.49. The molecule has 0 saturated carbocycles. The Kier molecular flexibility index (Phi) is 6.69. The topological polar surface area (TPSA) is 66.3 Å². The summed E-state index contributed by atoms with van der Waals surface area (Å²) in [6.45, 7) is 1.08. The molecule has 2 amide bonds. The monoisotopic (exact) mass is 315 g/mol. The molecule has 2 aromatic rings. The van der Waals surface area contributed by atoms with Crippen molar-refractivity contribution in [2.24, 2.45) is 7.05 Å². The zero-order valence-electron chi connectivity index (χ0n) is 13.5. The molecule has 0 aliphatic carbocycles. The summed E-state index contributed by atoms with van der Waals surface area (Å²) in [6.07, 6.45) is 3.69. The summed E-state index contributed by atoms with van der Waals surface area (Å²) in [5.41, 5.74) is 2.13. The quantitative estimate of drug-likeness (QED) is 0.655. The Morgan fingerprint density at radius 3 is 2.57 bits per heavy atom. The molecule has 1 unspecified atom stereocenters. The van der Waals surface area contributed by atoms with Crippen LogP contribution in [0, 0.1) is 0 Å². The lowest BCUT2D eigenvalue weighted by molar-refractivity contribution is 0.159. The third-order valence-corrected chi connectivity index (χ3v) is 3.80. The van der Waals surface area contributed by atoms with Gasteiger partial charge in [0.15, 0.2) is 0 Å². The van der Waals surface area contributed by atoms with Gasteiger partial charge in [0.1, 0.15) is 0 Å². The minimum absolute atomic E-state index is 0.183. The number of aliphatic hydroxyl groups is 1. The van der Waals surface area contributed by atoms with Gasteiger partial charge in [-0.3, -0.25) is 0 Å². The fourth-order valence-corrected chi connectivity index (χ4v) is 2.49. The van der Waals surface area contributed by atoms with Crippen molar-refractivity contribution in [3.8, 4) is 0 Å². The lowest BCUT2D eigenvalue weighted by Gasteiger charge is -2.13. The molecule has 124 valence electrons. The van der Waals surface area contributed by atoms with E-state index in [-0.39, 0.29) is 6.03 Å². The van der Waals surface area contributed by atoms with Gasteiger partial charge in [-0.1, -0.05) is 30.3 Å². The van der Waals surface area contributed by atoms with E-state index in [9.17, 15) is 9.90 Å². The maximum absolute atomic E-state index is 11.7. The molecule has 23 heavy (non-hydrogen) atoms. The summed E-state index contributed by atoms with van der Waals surface area (Å²) in [5.74, 6) is 0. The molecule has 0 radical (unpaired) electrons. The zero-order chi connectivity index (χ0) is 16.5. The number of nitrogens with one attached hydrogen (secondary N) is 2. The van der Waals surface area contributed by atoms with Gasteiger partial charge < -0.3 is 20.3 Å². The highest BCUT2D eigenvalue weighted by molar-refractivity contribution is 5.73. The lowest BCUT2D eigenvalue weighted by atomic mass is 10.1. The molecule has 5 nitrogen and oxygen atoms in total. The lowest BCUT2D eigenvalue weighted by Crippen LogP contribution is -2.37. The van der Waals surface area contributed by atoms with Gasteiger partial charge in [0.2, 0.25) is 0 Å². The van der Waals surface area contributed by atoms with Gasteiger partial charge in [-0.25, -0.2) is 4.79 Å². The maximum Gasteiger partial charge on any atom is 0.314 e. The van der Waals surface area contributed by atoms with Crippen LogP contribution in [0.3, 0.4) is 0 Å². The minimum atomic E-state index is -0.562. The van der Waals surface area contributed by atoms with Crippen LogP contribution in [-0.4, -0.2) is 28.8 Å². The molecule has 1 aromatic heterocycles. The van der Waals surface area contributed by atoms with E-state index in [0.717, 1.165) is 18.5 Å². The highest BCUT2D eigenvalue weighted by Gasteiger charge is 2.10. The van der Waals surface area contributed by atoms with E-state index in [1.807, 2.05) is 48.1 Å². The van der Waals surface area contributed by atoms with Crippen LogP contribution in [-0.2, 0) is 13.5 Å². The molecule has 0 fully saturated rings. The molecule has 0 bridgehead atoms. The summed E-state index contributed by atoms with van der Waals surface area (Å²) in [7, 11) is 1.89. The van der Waals surface area contributed by atoms with Crippen LogP contribution >= 0.6 is 0 Å². The Balaban J connectivity index is 1.56. The van der Waals surface area contributed by atoms with Crippen LogP contribution in [0.5, 0.6) is 0 Å². The first-order chi connectivity index (χ1) is 11.2. The second kappa shape index (κ2) is 9.00. The number of rotatable bonds is 8. The predicted molar refractivity (Wildman–Crippen MR) is 91.2 cm³/mol. The molecule has 1 heterocycles. The molecule has 1 atom stereocenters. The van der Waals surface area contributed by atoms with Crippen molar-refractivity contribution in [1.82, 2.24) is 15.2 Å².